The van der Waals surface area contributed by atoms with Gasteiger partial charge in [-0.05, 0) is 95.4 Å². The number of hydrogen-bond donors (Lipinski definition) is 0. The van der Waals surface area contributed by atoms with Crippen molar-refractivity contribution in [2.45, 2.75) is 0 Å². The van der Waals surface area contributed by atoms with Crippen molar-refractivity contribution in [3.05, 3.63) is 194 Å². The molecule has 0 aliphatic carbocycles. The molecule has 0 unspecified atom stereocenters. The second-order valence-electron chi connectivity index (χ2n) is 12.5. The van der Waals surface area contributed by atoms with E-state index in [1.54, 1.807) is 24.3 Å². The van der Waals surface area contributed by atoms with Crippen LogP contribution in [0, 0.1) is 0 Å². The van der Waals surface area contributed by atoms with E-state index in [4.69, 9.17) is 16.8 Å². The van der Waals surface area contributed by atoms with Crippen LogP contribution >= 0.6 is 0 Å². The van der Waals surface area contributed by atoms with Gasteiger partial charge in [-0.15, -0.1) is 0 Å². The van der Waals surface area contributed by atoms with Gasteiger partial charge in [0.05, 0.1) is 12.3 Å². The first kappa shape index (κ1) is 21.4. The van der Waals surface area contributed by atoms with Crippen molar-refractivity contribution < 1.29 is 16.8 Å². The molecule has 0 saturated heterocycles. The molecular formula is C50H32O. The molecule has 1 aromatic heterocycles. The molecule has 51 heavy (non-hydrogen) atoms. The van der Waals surface area contributed by atoms with Crippen LogP contribution in [0.15, 0.2) is 198 Å². The van der Waals surface area contributed by atoms with E-state index in [1.165, 1.54) is 0 Å². The molecule has 1 heteroatoms. The van der Waals surface area contributed by atoms with Crippen LogP contribution in [-0.2, 0) is 0 Å². The third-order valence-electron chi connectivity index (χ3n) is 9.64. The summed E-state index contributed by atoms with van der Waals surface area (Å²) in [5.74, 6) is 0. The minimum Gasteiger partial charge on any atom is -0.456 e. The maximum atomic E-state index is 8.95. The predicted octanol–water partition coefficient (Wildman–Crippen LogP) is 14.2. The summed E-state index contributed by atoms with van der Waals surface area (Å²) in [6.07, 6.45) is 0. The van der Waals surface area contributed by atoms with Crippen LogP contribution in [0.1, 0.15) is 12.3 Å². The summed E-state index contributed by atoms with van der Waals surface area (Å²) in [6.45, 7) is 0. The van der Waals surface area contributed by atoms with E-state index >= 15 is 0 Å². The highest BCUT2D eigenvalue weighted by atomic mass is 16.3. The van der Waals surface area contributed by atoms with Gasteiger partial charge in [-0.25, -0.2) is 0 Å². The molecule has 0 saturated carbocycles. The van der Waals surface area contributed by atoms with E-state index in [2.05, 4.69) is 30.3 Å². The molecule has 0 aliphatic rings. The number of furan rings is 1. The molecule has 10 rings (SSSR count). The molecule has 0 aliphatic heterocycles. The van der Waals surface area contributed by atoms with Gasteiger partial charge in [0.15, 0.2) is 0 Å². The smallest absolute Gasteiger partial charge is 0.136 e. The summed E-state index contributed by atoms with van der Waals surface area (Å²) in [7, 11) is 0. The van der Waals surface area contributed by atoms with Gasteiger partial charge in [0, 0.05) is 10.8 Å². The monoisotopic (exact) mass is 657 g/mol. The Morgan fingerprint density at radius 1 is 0.333 bits per heavy atom. The fourth-order valence-corrected chi connectivity index (χ4v) is 7.32. The Morgan fingerprint density at radius 2 is 0.863 bits per heavy atom. The number of hydrogen-bond acceptors (Lipinski definition) is 1. The molecular weight excluding hydrogens is 617 g/mol. The highest BCUT2D eigenvalue weighted by Gasteiger charge is 2.20. The average molecular weight is 658 g/mol. The molecule has 0 bridgehead atoms. The van der Waals surface area contributed by atoms with E-state index in [1.807, 2.05) is 84.9 Å². The van der Waals surface area contributed by atoms with Crippen molar-refractivity contribution in [2.75, 3.05) is 0 Å². The second-order valence-corrected chi connectivity index (χ2v) is 12.5. The summed E-state index contributed by atoms with van der Waals surface area (Å²) in [6, 6.07) is 42.6. The summed E-state index contributed by atoms with van der Waals surface area (Å²) < 4.78 is 83.6. The molecule has 1 heterocycles. The topological polar surface area (TPSA) is 13.1 Å². The van der Waals surface area contributed by atoms with Crippen LogP contribution in [-0.4, -0.2) is 0 Å². The van der Waals surface area contributed by atoms with E-state index in [0.717, 1.165) is 54.6 Å². The molecule has 0 spiro atoms. The van der Waals surface area contributed by atoms with Crippen LogP contribution in [0.5, 0.6) is 0 Å². The van der Waals surface area contributed by atoms with Crippen molar-refractivity contribution in [1.82, 2.24) is 0 Å². The number of rotatable bonds is 5. The zero-order chi connectivity index (χ0) is 41.6. The highest BCUT2D eigenvalue weighted by Crippen LogP contribution is 2.47. The van der Waals surface area contributed by atoms with E-state index in [-0.39, 0.29) is 65.0 Å². The van der Waals surface area contributed by atoms with Crippen molar-refractivity contribution >= 4 is 43.5 Å². The number of fused-ring (bicyclic) bond motifs is 5. The van der Waals surface area contributed by atoms with Crippen molar-refractivity contribution in [3.63, 3.8) is 0 Å². The first-order valence-corrected chi connectivity index (χ1v) is 16.8. The van der Waals surface area contributed by atoms with E-state index in [0.29, 0.717) is 27.9 Å². The molecule has 238 valence electrons. The summed E-state index contributed by atoms with van der Waals surface area (Å²) >= 11 is 0. The van der Waals surface area contributed by atoms with E-state index < -0.39 is 6.04 Å². The third kappa shape index (κ3) is 4.94. The zero-order valence-electron chi connectivity index (χ0n) is 36.2. The third-order valence-corrected chi connectivity index (χ3v) is 9.64. The summed E-state index contributed by atoms with van der Waals surface area (Å²) in [5, 5.41) is 5.79. The maximum absolute atomic E-state index is 8.95. The molecule has 0 amide bonds. The summed E-state index contributed by atoms with van der Waals surface area (Å²) in [4.78, 5) is 0. The predicted molar refractivity (Wildman–Crippen MR) is 216 cm³/mol. The van der Waals surface area contributed by atoms with Gasteiger partial charge in [0.1, 0.15) is 11.2 Å². The van der Waals surface area contributed by atoms with Crippen LogP contribution in [0.4, 0.5) is 0 Å². The van der Waals surface area contributed by atoms with Gasteiger partial charge in [-0.3, -0.25) is 0 Å². The lowest BCUT2D eigenvalue weighted by molar-refractivity contribution is 0.669. The largest absolute Gasteiger partial charge is 0.456 e. The quantitative estimate of drug-likeness (QED) is 0.168. The van der Waals surface area contributed by atoms with Gasteiger partial charge in [-0.1, -0.05) is 176 Å². The Balaban J connectivity index is 1.14. The Hall–Kier alpha value is -6.70. The molecule has 0 radical (unpaired) electrons. The second kappa shape index (κ2) is 12.0. The average Bonchev–Trinajstić information content (AvgIpc) is 3.65. The minimum atomic E-state index is -0.437. The van der Waals surface area contributed by atoms with Gasteiger partial charge in [0.25, 0.3) is 0 Å². The first-order valence-electron chi connectivity index (χ1n) is 21.3. The van der Waals surface area contributed by atoms with Crippen molar-refractivity contribution in [1.29, 1.82) is 0 Å². The lowest BCUT2D eigenvalue weighted by Crippen LogP contribution is -1.91. The van der Waals surface area contributed by atoms with Gasteiger partial charge in [0.2, 0.25) is 0 Å². The van der Waals surface area contributed by atoms with Crippen LogP contribution in [0.25, 0.3) is 99.1 Å². The van der Waals surface area contributed by atoms with E-state index in [9.17, 15) is 0 Å². The highest BCUT2D eigenvalue weighted by molar-refractivity contribution is 6.25. The Labute approximate surface area is 309 Å². The minimum absolute atomic E-state index is 0.0799. The van der Waals surface area contributed by atoms with Gasteiger partial charge < -0.3 is 4.42 Å². The SMILES string of the molecule is [2H]c1c([2H])c([2H])c(-c2ccc3c(c2)oc2cccc(-c4c5ccccc5c(-c5ccc(-c6c([2H])c([2H])c(-c7ccccc7)c([2H])c6[2H])cc5)c5ccccc45)c23)c([2H])c1[2H]. The summed E-state index contributed by atoms with van der Waals surface area (Å²) in [5.41, 5.74) is 7.45. The van der Waals surface area contributed by atoms with Gasteiger partial charge in [-0.2, -0.15) is 0 Å². The van der Waals surface area contributed by atoms with Gasteiger partial charge >= 0.3 is 0 Å². The molecule has 9 aromatic carbocycles. The van der Waals surface area contributed by atoms with Crippen molar-refractivity contribution in [2.24, 2.45) is 0 Å². The Kier molecular flexibility index (Phi) is 5.04. The standard InChI is InChI=1S/C50H32O/c1-3-12-33(13-4-1)35-22-24-36(25-23-35)37-26-28-38(29-27-37)48-40-16-7-9-18-42(40)49(43-19-10-8-17-41(43)48)45-20-11-21-46-50(45)44-31-30-39(32-47(44)51-46)34-14-5-2-6-15-34/h1-32H/i2D,5D,6D,14D,15D,22D,23D,24D,25D. The lowest BCUT2D eigenvalue weighted by atomic mass is 9.84. The fourth-order valence-electron chi connectivity index (χ4n) is 7.32. The molecule has 0 atom stereocenters. The fraction of sp³-hybridized carbons (Fsp3) is 0. The van der Waals surface area contributed by atoms with Crippen LogP contribution in [0.3, 0.4) is 0 Å². The Bertz CT molecular complexity index is 3290. The van der Waals surface area contributed by atoms with Crippen molar-refractivity contribution in [3.8, 4) is 55.6 Å². The molecule has 1 nitrogen and oxygen atoms in total. The normalized spacial score (nSPS) is 14.0. The lowest BCUT2D eigenvalue weighted by Gasteiger charge is -2.18. The molecule has 10 aromatic rings. The number of benzene rings is 9. The molecule has 0 fully saturated rings. The van der Waals surface area contributed by atoms with Crippen LogP contribution in [0.2, 0.25) is 0 Å². The maximum Gasteiger partial charge on any atom is 0.136 e. The Morgan fingerprint density at radius 3 is 1.51 bits per heavy atom. The molecule has 0 N–H and O–H groups in total. The zero-order valence-corrected chi connectivity index (χ0v) is 27.2. The van der Waals surface area contributed by atoms with Crippen LogP contribution < -0.4 is 0 Å². The first-order chi connectivity index (χ1) is 29.0.